The normalized spacial score (nSPS) is 11.2. The van der Waals surface area contributed by atoms with Gasteiger partial charge in [0, 0.05) is 12.2 Å². The smallest absolute Gasteiger partial charge is 0.240 e. The standard InChI is InChI=1S/C15H18N2O3S/c16-13-7-9-15(10-8-13)21(18,19)17-11-4-12-20-14-5-2-1-3-6-14/h1-3,5-10,17H,4,11-12,16H2. The Morgan fingerprint density at radius 1 is 1.00 bits per heavy atom. The second kappa shape index (κ2) is 7.10. The van der Waals surface area contributed by atoms with E-state index < -0.39 is 10.0 Å². The van der Waals surface area contributed by atoms with Crippen molar-refractivity contribution in [1.29, 1.82) is 0 Å². The van der Waals surface area contributed by atoms with Gasteiger partial charge in [0.15, 0.2) is 0 Å². The van der Waals surface area contributed by atoms with Crippen molar-refractivity contribution in [3.63, 3.8) is 0 Å². The minimum atomic E-state index is -3.48. The molecule has 0 aromatic heterocycles. The Morgan fingerprint density at radius 3 is 2.33 bits per heavy atom. The molecule has 0 heterocycles. The number of nitrogens with two attached hydrogens (primary N) is 1. The highest BCUT2D eigenvalue weighted by Crippen LogP contribution is 2.11. The fourth-order valence-corrected chi connectivity index (χ4v) is 2.79. The Hall–Kier alpha value is -2.05. The maximum atomic E-state index is 12.0. The van der Waals surface area contributed by atoms with Crippen LogP contribution in [0.15, 0.2) is 59.5 Å². The number of para-hydroxylation sites is 1. The molecule has 2 aromatic carbocycles. The van der Waals surface area contributed by atoms with Crippen molar-refractivity contribution >= 4 is 15.7 Å². The number of anilines is 1. The second-order valence-electron chi connectivity index (χ2n) is 4.48. The van der Waals surface area contributed by atoms with E-state index in [4.69, 9.17) is 10.5 Å². The van der Waals surface area contributed by atoms with Crippen LogP contribution in [0.3, 0.4) is 0 Å². The van der Waals surface area contributed by atoms with Crippen LogP contribution in [0.2, 0.25) is 0 Å². The van der Waals surface area contributed by atoms with Crippen molar-refractivity contribution in [2.75, 3.05) is 18.9 Å². The third-order valence-electron chi connectivity index (χ3n) is 2.82. The molecule has 112 valence electrons. The number of sulfonamides is 1. The van der Waals surface area contributed by atoms with E-state index in [0.717, 1.165) is 5.75 Å². The molecule has 0 bridgehead atoms. The molecule has 6 heteroatoms. The molecule has 0 saturated carbocycles. The molecule has 0 unspecified atom stereocenters. The quantitative estimate of drug-likeness (QED) is 0.605. The molecular formula is C15H18N2O3S. The van der Waals surface area contributed by atoms with Gasteiger partial charge in [0.2, 0.25) is 10.0 Å². The van der Waals surface area contributed by atoms with Crippen LogP contribution in [0.4, 0.5) is 5.69 Å². The Kier molecular flexibility index (Phi) is 5.19. The minimum absolute atomic E-state index is 0.209. The molecule has 0 aliphatic heterocycles. The molecule has 0 aliphatic carbocycles. The van der Waals surface area contributed by atoms with E-state index in [0.29, 0.717) is 25.3 Å². The van der Waals surface area contributed by atoms with E-state index in [-0.39, 0.29) is 4.90 Å². The highest BCUT2D eigenvalue weighted by Gasteiger charge is 2.12. The Bertz CT molecular complexity index is 655. The fraction of sp³-hybridized carbons (Fsp3) is 0.200. The highest BCUT2D eigenvalue weighted by atomic mass is 32.2. The predicted octanol–water partition coefficient (Wildman–Crippen LogP) is 2.02. The van der Waals surface area contributed by atoms with Gasteiger partial charge in [-0.2, -0.15) is 0 Å². The number of rotatable bonds is 7. The van der Waals surface area contributed by atoms with Gasteiger partial charge in [-0.05, 0) is 42.8 Å². The monoisotopic (exact) mass is 306 g/mol. The lowest BCUT2D eigenvalue weighted by molar-refractivity contribution is 0.311. The zero-order valence-electron chi connectivity index (χ0n) is 11.5. The minimum Gasteiger partial charge on any atom is -0.494 e. The van der Waals surface area contributed by atoms with Crippen molar-refractivity contribution in [3.8, 4) is 5.75 Å². The summed E-state index contributed by atoms with van der Waals surface area (Å²) in [5.41, 5.74) is 6.07. The maximum absolute atomic E-state index is 12.0. The first-order chi connectivity index (χ1) is 10.1. The largest absolute Gasteiger partial charge is 0.494 e. The molecule has 0 aliphatic rings. The number of ether oxygens (including phenoxy) is 1. The summed E-state index contributed by atoms with van der Waals surface area (Å²) in [6.07, 6.45) is 0.586. The number of benzene rings is 2. The molecule has 0 radical (unpaired) electrons. The first kappa shape index (κ1) is 15.3. The van der Waals surface area contributed by atoms with E-state index in [1.807, 2.05) is 30.3 Å². The molecule has 2 rings (SSSR count). The van der Waals surface area contributed by atoms with E-state index in [1.165, 1.54) is 12.1 Å². The number of nitrogen functional groups attached to an aromatic ring is 1. The van der Waals surface area contributed by atoms with Gasteiger partial charge in [-0.1, -0.05) is 18.2 Å². The van der Waals surface area contributed by atoms with Gasteiger partial charge in [-0.25, -0.2) is 13.1 Å². The summed E-state index contributed by atoms with van der Waals surface area (Å²) in [5.74, 6) is 0.777. The van der Waals surface area contributed by atoms with Gasteiger partial charge < -0.3 is 10.5 Å². The number of hydrogen-bond acceptors (Lipinski definition) is 4. The molecular weight excluding hydrogens is 288 g/mol. The molecule has 0 saturated heterocycles. The summed E-state index contributed by atoms with van der Waals surface area (Å²) in [5, 5.41) is 0. The van der Waals surface area contributed by atoms with Crippen LogP contribution >= 0.6 is 0 Å². The van der Waals surface area contributed by atoms with Crippen molar-refractivity contribution < 1.29 is 13.2 Å². The van der Waals surface area contributed by atoms with E-state index >= 15 is 0 Å². The summed E-state index contributed by atoms with van der Waals surface area (Å²) in [7, 11) is -3.48. The number of nitrogens with one attached hydrogen (secondary N) is 1. The zero-order chi connectivity index (χ0) is 15.1. The third kappa shape index (κ3) is 4.77. The molecule has 2 aromatic rings. The van der Waals surface area contributed by atoms with Crippen molar-refractivity contribution in [1.82, 2.24) is 4.72 Å². The molecule has 0 spiro atoms. The first-order valence-corrected chi connectivity index (χ1v) is 8.09. The average molecular weight is 306 g/mol. The van der Waals surface area contributed by atoms with Crippen molar-refractivity contribution in [2.45, 2.75) is 11.3 Å². The average Bonchev–Trinajstić information content (AvgIpc) is 2.48. The van der Waals surface area contributed by atoms with Crippen LogP contribution in [0, 0.1) is 0 Å². The van der Waals surface area contributed by atoms with Gasteiger partial charge in [-0.15, -0.1) is 0 Å². The van der Waals surface area contributed by atoms with Gasteiger partial charge in [0.1, 0.15) is 5.75 Å². The van der Waals surface area contributed by atoms with Crippen molar-refractivity contribution in [3.05, 3.63) is 54.6 Å². The van der Waals surface area contributed by atoms with E-state index in [1.54, 1.807) is 12.1 Å². The SMILES string of the molecule is Nc1ccc(S(=O)(=O)NCCCOc2ccccc2)cc1. The topological polar surface area (TPSA) is 81.4 Å². The van der Waals surface area contributed by atoms with E-state index in [2.05, 4.69) is 4.72 Å². The Labute approximate surface area is 124 Å². The molecule has 5 nitrogen and oxygen atoms in total. The molecule has 0 amide bonds. The fourth-order valence-electron chi connectivity index (χ4n) is 1.72. The highest BCUT2D eigenvalue weighted by molar-refractivity contribution is 7.89. The second-order valence-corrected chi connectivity index (χ2v) is 6.25. The molecule has 21 heavy (non-hydrogen) atoms. The Morgan fingerprint density at radius 2 is 1.67 bits per heavy atom. The van der Waals surface area contributed by atoms with Crippen LogP contribution in [0.25, 0.3) is 0 Å². The maximum Gasteiger partial charge on any atom is 0.240 e. The summed E-state index contributed by atoms with van der Waals surface area (Å²) < 4.78 is 32.0. The molecule has 0 fully saturated rings. The van der Waals surface area contributed by atoms with Crippen LogP contribution in [0.5, 0.6) is 5.75 Å². The zero-order valence-corrected chi connectivity index (χ0v) is 12.3. The van der Waals surface area contributed by atoms with Crippen LogP contribution in [0.1, 0.15) is 6.42 Å². The van der Waals surface area contributed by atoms with E-state index in [9.17, 15) is 8.42 Å². The summed E-state index contributed by atoms with van der Waals surface area (Å²) in [4.78, 5) is 0.209. The van der Waals surface area contributed by atoms with Crippen LogP contribution < -0.4 is 15.2 Å². The van der Waals surface area contributed by atoms with Crippen molar-refractivity contribution in [2.24, 2.45) is 0 Å². The molecule has 3 N–H and O–H groups in total. The Balaban J connectivity index is 1.76. The molecule has 0 atom stereocenters. The first-order valence-electron chi connectivity index (χ1n) is 6.61. The lowest BCUT2D eigenvalue weighted by Crippen LogP contribution is -2.25. The van der Waals surface area contributed by atoms with Gasteiger partial charge in [-0.3, -0.25) is 0 Å². The lowest BCUT2D eigenvalue weighted by atomic mass is 10.3. The summed E-state index contributed by atoms with van der Waals surface area (Å²) in [6, 6.07) is 15.5. The third-order valence-corrected chi connectivity index (χ3v) is 4.29. The van der Waals surface area contributed by atoms with Gasteiger partial charge in [0.25, 0.3) is 0 Å². The van der Waals surface area contributed by atoms with Crippen LogP contribution in [-0.4, -0.2) is 21.6 Å². The predicted molar refractivity (Wildman–Crippen MR) is 82.6 cm³/mol. The lowest BCUT2D eigenvalue weighted by Gasteiger charge is -2.08. The number of hydrogen-bond donors (Lipinski definition) is 2. The summed E-state index contributed by atoms with van der Waals surface area (Å²) in [6.45, 7) is 0.772. The summed E-state index contributed by atoms with van der Waals surface area (Å²) >= 11 is 0. The van der Waals surface area contributed by atoms with Gasteiger partial charge >= 0.3 is 0 Å². The van der Waals surface area contributed by atoms with Crippen LogP contribution in [-0.2, 0) is 10.0 Å². The van der Waals surface area contributed by atoms with Gasteiger partial charge in [0.05, 0.1) is 11.5 Å².